The summed E-state index contributed by atoms with van der Waals surface area (Å²) in [5.41, 5.74) is -1.20. The number of aliphatic hydroxyl groups is 1. The van der Waals surface area contributed by atoms with Crippen LogP contribution in [0.4, 0.5) is 20.5 Å². The first-order valence-corrected chi connectivity index (χ1v) is 23.5. The number of ether oxygens (including phenoxy) is 2. The number of phosphoric ester groups is 2. The van der Waals surface area contributed by atoms with Gasteiger partial charge in [-0.3, -0.25) is 56.4 Å². The summed E-state index contributed by atoms with van der Waals surface area (Å²) in [5, 5.41) is 33.4. The Kier molecular flexibility index (Phi) is 15.8. The van der Waals surface area contributed by atoms with Crippen molar-refractivity contribution in [3.8, 4) is 12.1 Å². The molecule has 2 saturated heterocycles. The number of alkyl halides is 2. The quantitative estimate of drug-likeness (QED) is 0.0518. The number of amides is 2. The van der Waals surface area contributed by atoms with Gasteiger partial charge in [0.05, 0.1) is 57.6 Å². The molecule has 68 heavy (non-hydrogen) atoms. The highest BCUT2D eigenvalue weighted by atomic mass is 31.2. The normalized spacial score (nSPS) is 24.4. The van der Waals surface area contributed by atoms with Gasteiger partial charge in [-0.2, -0.15) is 15.5 Å². The number of imidazole rings is 2. The van der Waals surface area contributed by atoms with Crippen LogP contribution in [0.2, 0.25) is 0 Å². The van der Waals surface area contributed by atoms with Crippen LogP contribution in [0.15, 0.2) is 54.1 Å². The highest BCUT2D eigenvalue weighted by Crippen LogP contribution is 2.55. The van der Waals surface area contributed by atoms with Crippen molar-refractivity contribution in [1.29, 1.82) is 10.5 Å². The van der Waals surface area contributed by atoms with Crippen LogP contribution in [0.3, 0.4) is 0 Å². The number of unbranched alkanes of at least 4 members (excludes halogenated alkanes) is 1. The van der Waals surface area contributed by atoms with E-state index in [0.29, 0.717) is 5.56 Å². The summed E-state index contributed by atoms with van der Waals surface area (Å²) in [6.45, 7) is 0.0717. The van der Waals surface area contributed by atoms with Crippen molar-refractivity contribution in [2.45, 2.75) is 82.3 Å². The summed E-state index contributed by atoms with van der Waals surface area (Å²) in [4.78, 5) is 71.8. The third kappa shape index (κ3) is 11.1. The Morgan fingerprint density at radius 1 is 0.882 bits per heavy atom. The number of H-pyrrole nitrogens is 1. The molecule has 362 valence electrons. The van der Waals surface area contributed by atoms with Gasteiger partial charge in [0.15, 0.2) is 52.9 Å². The molecule has 1 aromatic carbocycles. The first-order valence-electron chi connectivity index (χ1n) is 20.6. The van der Waals surface area contributed by atoms with Crippen molar-refractivity contribution in [3.63, 3.8) is 0 Å². The molecule has 2 amide bonds. The number of aromatic nitrogens is 8. The zero-order chi connectivity index (χ0) is 48.8. The molecular formula is C38H42F2N12O14P2. The SMILES string of the molecule is CC(C)C(=O)Nc1nc2c(ncn2C2OC(COP(=O)(OCCCC#N)O[C@@H]3C(CO)OC(n4cnc5c(NC(=O)c6ccccc6)ncnc54)[C@@H]3F)[C@@H](OP(=O)(O)OCCC#N)[C@H]2F)c(=O)[nH]1. The number of fused-ring (bicyclic) bond motifs is 2. The minimum Gasteiger partial charge on any atom is -0.394 e. The fraction of sp³-hybridized carbons (Fsp3) is 0.474. The summed E-state index contributed by atoms with van der Waals surface area (Å²) in [7, 11) is -10.3. The Labute approximate surface area is 382 Å². The molecule has 30 heteroatoms. The number of nitrogens with zero attached hydrogens (tertiary/aromatic N) is 9. The molecule has 2 aliphatic heterocycles. The molecule has 10 atom stereocenters. The number of carbonyl (C=O) groups is 2. The van der Waals surface area contributed by atoms with Gasteiger partial charge in [-0.15, -0.1) is 0 Å². The van der Waals surface area contributed by atoms with Gasteiger partial charge in [0.25, 0.3) is 11.5 Å². The van der Waals surface area contributed by atoms with E-state index in [0.717, 1.165) is 28.1 Å². The Bertz CT molecular complexity index is 2860. The number of phosphoric acid groups is 2. The van der Waals surface area contributed by atoms with E-state index in [-0.39, 0.29) is 53.4 Å². The minimum atomic E-state index is -5.21. The molecule has 0 radical (unpaired) electrons. The molecule has 6 heterocycles. The zero-order valence-electron chi connectivity index (χ0n) is 35.7. The van der Waals surface area contributed by atoms with Crippen molar-refractivity contribution in [3.05, 3.63) is 65.2 Å². The Balaban J connectivity index is 1.15. The second-order valence-electron chi connectivity index (χ2n) is 15.1. The molecule has 5 aromatic rings. The van der Waals surface area contributed by atoms with E-state index in [4.69, 9.17) is 42.6 Å². The topological polar surface area (TPSA) is 352 Å². The van der Waals surface area contributed by atoms with Crippen LogP contribution in [-0.2, 0) is 46.0 Å². The summed E-state index contributed by atoms with van der Waals surface area (Å²) in [5.74, 6) is -1.96. The van der Waals surface area contributed by atoms with E-state index in [1.54, 1.807) is 50.2 Å². The molecule has 7 rings (SSSR count). The maximum Gasteiger partial charge on any atom is 0.475 e. The molecule has 0 aliphatic carbocycles. The number of halogens is 2. The van der Waals surface area contributed by atoms with Gasteiger partial charge < -0.3 is 24.8 Å². The van der Waals surface area contributed by atoms with Gasteiger partial charge in [-0.25, -0.2) is 37.8 Å². The summed E-state index contributed by atoms with van der Waals surface area (Å²) >= 11 is 0. The fourth-order valence-electron chi connectivity index (χ4n) is 6.83. The number of aliphatic hydroxyl groups excluding tert-OH is 1. The maximum atomic E-state index is 16.7. The van der Waals surface area contributed by atoms with Crippen LogP contribution in [0.25, 0.3) is 22.3 Å². The number of aromatic amines is 1. The molecule has 4 aromatic heterocycles. The standard InChI is InChI=1S/C38H42F2N12O14P2/c1-20(2)33(54)49-38-48-32-27(35(56)50-38)46-19-52(32)37-25(40)29(65-67(57,58)60-14-8-12-42)23(64-37)16-62-68(59,61-13-7-6-11-41)66-28-22(15-53)63-36(24(28)39)51-18-45-26-30(43-17-44-31(26)51)47-34(55)21-9-4-3-5-10-21/h3-5,9-10,17-20,22-25,28-29,36-37,53H,6-8,13-16H2,1-2H3,(H,57,58)(H,43,44,47,55)(H2,48,49,50,54,56)/t22?,23?,24-,25-,28-,29-,36?,37?,68?/m1/s1. The molecule has 2 fully saturated rings. The molecule has 2 aliphatic rings. The first kappa shape index (κ1) is 49.9. The van der Waals surface area contributed by atoms with E-state index in [2.05, 4.69) is 40.5 Å². The fourth-order valence-corrected chi connectivity index (χ4v) is 9.20. The van der Waals surface area contributed by atoms with Crippen molar-refractivity contribution >= 4 is 61.6 Å². The molecule has 0 bridgehead atoms. The lowest BCUT2D eigenvalue weighted by Crippen LogP contribution is -2.35. The monoisotopic (exact) mass is 990 g/mol. The number of anilines is 2. The second kappa shape index (κ2) is 21.5. The van der Waals surface area contributed by atoms with E-state index in [1.165, 1.54) is 0 Å². The van der Waals surface area contributed by atoms with E-state index >= 15 is 8.78 Å². The van der Waals surface area contributed by atoms with Crippen molar-refractivity contribution in [2.75, 3.05) is 37.1 Å². The van der Waals surface area contributed by atoms with E-state index in [9.17, 15) is 33.5 Å². The number of hydrogen-bond acceptors (Lipinski definition) is 20. The Hall–Kier alpha value is -6.00. The second-order valence-corrected chi connectivity index (χ2v) is 18.2. The van der Waals surface area contributed by atoms with Crippen molar-refractivity contribution in [2.24, 2.45) is 5.92 Å². The van der Waals surface area contributed by atoms with Crippen LogP contribution < -0.4 is 16.2 Å². The predicted molar refractivity (Wildman–Crippen MR) is 226 cm³/mol. The average molecular weight is 991 g/mol. The molecule has 5 N–H and O–H groups in total. The molecule has 0 saturated carbocycles. The number of carbonyl (C=O) groups excluding carboxylic acids is 2. The zero-order valence-corrected chi connectivity index (χ0v) is 37.5. The number of benzene rings is 1. The van der Waals surface area contributed by atoms with Crippen LogP contribution in [0.5, 0.6) is 0 Å². The number of rotatable bonds is 21. The molecular weight excluding hydrogens is 948 g/mol. The largest absolute Gasteiger partial charge is 0.475 e. The highest BCUT2D eigenvalue weighted by molar-refractivity contribution is 7.48. The third-order valence-electron chi connectivity index (χ3n) is 10.1. The van der Waals surface area contributed by atoms with Crippen molar-refractivity contribution in [1.82, 2.24) is 39.0 Å². The van der Waals surface area contributed by atoms with Crippen LogP contribution in [0, 0.1) is 28.6 Å². The molecule has 6 unspecified atom stereocenters. The van der Waals surface area contributed by atoms with Crippen molar-refractivity contribution < 1.29 is 69.6 Å². The van der Waals surface area contributed by atoms with E-state index in [1.807, 2.05) is 6.07 Å². The smallest absolute Gasteiger partial charge is 0.394 e. The van der Waals surface area contributed by atoms with Gasteiger partial charge >= 0.3 is 15.6 Å². The minimum absolute atomic E-state index is 0.0256. The van der Waals surface area contributed by atoms with Gasteiger partial charge in [0, 0.05) is 17.9 Å². The van der Waals surface area contributed by atoms with Gasteiger partial charge in [-0.05, 0) is 18.6 Å². The van der Waals surface area contributed by atoms with Gasteiger partial charge in [0.2, 0.25) is 11.9 Å². The number of nitriles is 2. The molecule has 0 spiro atoms. The summed E-state index contributed by atoms with van der Waals surface area (Å²) < 4.78 is 101. The van der Waals surface area contributed by atoms with Crippen LogP contribution in [0.1, 0.15) is 55.9 Å². The van der Waals surface area contributed by atoms with Gasteiger partial charge in [-0.1, -0.05) is 32.0 Å². The van der Waals surface area contributed by atoms with Crippen LogP contribution >= 0.6 is 15.6 Å². The average Bonchev–Trinajstić information content (AvgIpc) is 4.09. The van der Waals surface area contributed by atoms with E-state index < -0.39 is 115 Å². The lowest BCUT2D eigenvalue weighted by Gasteiger charge is -2.26. The number of hydrogen-bond donors (Lipinski definition) is 5. The highest BCUT2D eigenvalue weighted by Gasteiger charge is 2.54. The predicted octanol–water partition coefficient (Wildman–Crippen LogP) is 3.52. The Morgan fingerprint density at radius 2 is 1.54 bits per heavy atom. The molecule has 26 nitrogen and oxygen atoms in total. The summed E-state index contributed by atoms with van der Waals surface area (Å²) in [6.07, 6.45) is -13.2. The van der Waals surface area contributed by atoms with Gasteiger partial charge in [0.1, 0.15) is 30.7 Å². The lowest BCUT2D eigenvalue weighted by atomic mass is 10.1. The Morgan fingerprint density at radius 3 is 2.22 bits per heavy atom. The first-order chi connectivity index (χ1) is 32.6. The maximum absolute atomic E-state index is 16.7. The summed E-state index contributed by atoms with van der Waals surface area (Å²) in [6, 6.07) is 11.7. The number of nitrogens with one attached hydrogen (secondary N) is 3. The lowest BCUT2D eigenvalue weighted by molar-refractivity contribution is -0.118. The van der Waals surface area contributed by atoms with Crippen LogP contribution in [-0.4, -0.2) is 124 Å². The third-order valence-corrected chi connectivity index (χ3v) is 12.6.